The van der Waals surface area contributed by atoms with E-state index in [2.05, 4.69) is 49.4 Å². The first-order chi connectivity index (χ1) is 6.84. The second-order valence-electron chi connectivity index (χ2n) is 3.72. The molecule has 0 amide bonds. The summed E-state index contributed by atoms with van der Waals surface area (Å²) >= 11 is 0. The van der Waals surface area contributed by atoms with E-state index in [1.807, 2.05) is 0 Å². The zero-order valence-electron chi connectivity index (χ0n) is 8.04. The van der Waals surface area contributed by atoms with Gasteiger partial charge in [0.1, 0.15) is 0 Å². The van der Waals surface area contributed by atoms with Gasteiger partial charge in [0.2, 0.25) is 0 Å². The van der Waals surface area contributed by atoms with Crippen LogP contribution in [0, 0.1) is 6.92 Å². The zero-order valence-corrected chi connectivity index (χ0v) is 9.04. The third-order valence-electron chi connectivity index (χ3n) is 2.66. The summed E-state index contributed by atoms with van der Waals surface area (Å²) in [4.78, 5) is 0. The minimum absolute atomic E-state index is 0. The van der Waals surface area contributed by atoms with Crippen LogP contribution in [0.2, 0.25) is 0 Å². The van der Waals surface area contributed by atoms with Gasteiger partial charge in [-0.15, -0.1) is 8.19 Å². The van der Waals surface area contributed by atoms with Gasteiger partial charge in [0.25, 0.3) is 0 Å². The van der Waals surface area contributed by atoms with Gasteiger partial charge < -0.3 is 0 Å². The van der Waals surface area contributed by atoms with Crippen LogP contribution >= 0.6 is 8.19 Å². The van der Waals surface area contributed by atoms with Crippen molar-refractivity contribution in [2.45, 2.75) is 6.92 Å². The van der Waals surface area contributed by atoms with Gasteiger partial charge in [0.05, 0.1) is 0 Å². The molecule has 0 bridgehead atoms. The van der Waals surface area contributed by atoms with Gasteiger partial charge in [0, 0.05) is 0 Å². The first-order valence-electron chi connectivity index (χ1n) is 4.82. The third-order valence-corrected chi connectivity index (χ3v) is 4.05. The SMILES string of the molecule is Cc1ccc2c(c1)[pH]c1ccccc12.[LiH]. The Morgan fingerprint density at radius 1 is 0.867 bits per heavy atom. The summed E-state index contributed by atoms with van der Waals surface area (Å²) < 4.78 is 0. The third kappa shape index (κ3) is 1.75. The predicted octanol–water partition coefficient (Wildman–Crippen LogP) is 3.68. The van der Waals surface area contributed by atoms with Crippen molar-refractivity contribution in [1.29, 1.82) is 0 Å². The molecule has 0 aliphatic carbocycles. The molecule has 70 valence electrons. The fourth-order valence-corrected chi connectivity index (χ4v) is 3.44. The maximum atomic E-state index is 2.31. The van der Waals surface area contributed by atoms with Crippen molar-refractivity contribution >= 4 is 48.1 Å². The standard InChI is InChI=1S/C13H11P.Li.H/c1-9-6-7-11-10-4-2-3-5-12(10)14-13(11)8-9;;/h2-8,14H,1H3;;. The molecule has 1 unspecified atom stereocenters. The molecule has 0 saturated carbocycles. The van der Waals surface area contributed by atoms with Crippen molar-refractivity contribution in [3.63, 3.8) is 0 Å². The molecule has 1 aromatic heterocycles. The molecule has 0 radical (unpaired) electrons. The summed E-state index contributed by atoms with van der Waals surface area (Å²) in [5.74, 6) is 0. The Morgan fingerprint density at radius 3 is 2.47 bits per heavy atom. The topological polar surface area (TPSA) is 0 Å². The number of rotatable bonds is 0. The van der Waals surface area contributed by atoms with Crippen LogP contribution in [0.4, 0.5) is 0 Å². The normalized spacial score (nSPS) is 11.0. The molecule has 0 aliphatic rings. The molecule has 3 rings (SSSR count). The Hall–Kier alpha value is -0.663. The van der Waals surface area contributed by atoms with Gasteiger partial charge >= 0.3 is 18.9 Å². The van der Waals surface area contributed by atoms with Crippen molar-refractivity contribution in [3.8, 4) is 0 Å². The van der Waals surface area contributed by atoms with Crippen LogP contribution in [0.3, 0.4) is 0 Å². The van der Waals surface area contributed by atoms with Crippen LogP contribution in [0.25, 0.3) is 21.0 Å². The molecule has 2 heteroatoms. The fourth-order valence-electron chi connectivity index (χ4n) is 1.97. The molecule has 0 saturated heterocycles. The number of hydrogen-bond acceptors (Lipinski definition) is 0. The van der Waals surface area contributed by atoms with E-state index in [1.54, 1.807) is 0 Å². The van der Waals surface area contributed by atoms with Crippen molar-refractivity contribution in [2.75, 3.05) is 0 Å². The average Bonchev–Trinajstić information content (AvgIpc) is 2.54. The van der Waals surface area contributed by atoms with Crippen LogP contribution < -0.4 is 0 Å². The number of aryl methyl sites for hydroxylation is 1. The van der Waals surface area contributed by atoms with Gasteiger partial charge in [0.15, 0.2) is 0 Å². The van der Waals surface area contributed by atoms with Gasteiger partial charge in [-0.3, -0.25) is 0 Å². The zero-order chi connectivity index (χ0) is 9.54. The van der Waals surface area contributed by atoms with Crippen LogP contribution in [-0.4, -0.2) is 18.9 Å². The Kier molecular flexibility index (Phi) is 2.94. The van der Waals surface area contributed by atoms with Crippen molar-refractivity contribution < 1.29 is 0 Å². The van der Waals surface area contributed by atoms with E-state index in [0.29, 0.717) is 0 Å². The molecule has 15 heavy (non-hydrogen) atoms. The first kappa shape index (κ1) is 10.8. The summed E-state index contributed by atoms with van der Waals surface area (Å²) in [7, 11) is 0.847. The number of fused-ring (bicyclic) bond motifs is 3. The Labute approximate surface area is 103 Å². The molecule has 0 nitrogen and oxygen atoms in total. The predicted molar refractivity (Wildman–Crippen MR) is 72.8 cm³/mol. The molecule has 3 aromatic rings. The van der Waals surface area contributed by atoms with Crippen LogP contribution in [-0.2, 0) is 0 Å². The molecule has 1 atom stereocenters. The van der Waals surface area contributed by atoms with Gasteiger partial charge in [-0.05, 0) is 34.0 Å². The molecule has 0 fully saturated rings. The number of benzene rings is 2. The van der Waals surface area contributed by atoms with Crippen molar-refractivity contribution in [3.05, 3.63) is 48.0 Å². The van der Waals surface area contributed by atoms with E-state index in [-0.39, 0.29) is 18.9 Å². The molecule has 0 spiro atoms. The molecular formula is C13H12LiP. The Morgan fingerprint density at radius 2 is 1.60 bits per heavy atom. The molecule has 2 aromatic carbocycles. The van der Waals surface area contributed by atoms with E-state index < -0.39 is 0 Å². The summed E-state index contributed by atoms with van der Waals surface area (Å²) in [6.45, 7) is 2.16. The van der Waals surface area contributed by atoms with Crippen molar-refractivity contribution in [2.24, 2.45) is 0 Å². The molecule has 0 aliphatic heterocycles. The Bertz CT molecular complexity index is 610. The van der Waals surface area contributed by atoms with Gasteiger partial charge in [-0.2, -0.15) is 0 Å². The monoisotopic (exact) mass is 206 g/mol. The second kappa shape index (κ2) is 4.07. The minimum atomic E-state index is 0. The maximum absolute atomic E-state index is 2.31. The second-order valence-corrected chi connectivity index (χ2v) is 5.05. The fraction of sp³-hybridized carbons (Fsp3) is 0.0769. The molecule has 0 N–H and O–H groups in total. The van der Waals surface area contributed by atoms with E-state index in [0.717, 1.165) is 8.19 Å². The van der Waals surface area contributed by atoms with E-state index in [1.165, 1.54) is 26.6 Å². The van der Waals surface area contributed by atoms with E-state index >= 15 is 0 Å². The van der Waals surface area contributed by atoms with Crippen molar-refractivity contribution in [1.82, 2.24) is 0 Å². The summed E-state index contributed by atoms with van der Waals surface area (Å²) in [5, 5.41) is 5.87. The summed E-state index contributed by atoms with van der Waals surface area (Å²) in [5.41, 5.74) is 1.36. The number of hydrogen-bond donors (Lipinski definition) is 0. The molecular weight excluding hydrogens is 194 g/mol. The van der Waals surface area contributed by atoms with Crippen LogP contribution in [0.1, 0.15) is 5.56 Å². The van der Waals surface area contributed by atoms with Crippen LogP contribution in [0.5, 0.6) is 0 Å². The Balaban J connectivity index is 0.000000853. The molecule has 1 heterocycles. The van der Waals surface area contributed by atoms with E-state index in [9.17, 15) is 0 Å². The van der Waals surface area contributed by atoms with E-state index in [4.69, 9.17) is 0 Å². The summed E-state index contributed by atoms with van der Waals surface area (Å²) in [6, 6.07) is 15.5. The van der Waals surface area contributed by atoms with Gasteiger partial charge in [-0.1, -0.05) is 42.0 Å². The summed E-state index contributed by atoms with van der Waals surface area (Å²) in [6.07, 6.45) is 0. The average molecular weight is 206 g/mol. The van der Waals surface area contributed by atoms with Crippen LogP contribution in [0.15, 0.2) is 42.5 Å². The van der Waals surface area contributed by atoms with Gasteiger partial charge in [-0.25, -0.2) is 0 Å². The quantitative estimate of drug-likeness (QED) is 0.492. The first-order valence-corrected chi connectivity index (χ1v) is 5.82.